The van der Waals surface area contributed by atoms with Crippen LogP contribution in [0.4, 0.5) is 0 Å². The van der Waals surface area contributed by atoms with Crippen molar-refractivity contribution in [1.29, 1.82) is 0 Å². The summed E-state index contributed by atoms with van der Waals surface area (Å²) < 4.78 is 0. The molecule has 0 aromatic heterocycles. The predicted molar refractivity (Wildman–Crippen MR) is 246 cm³/mol. The van der Waals surface area contributed by atoms with Crippen LogP contribution < -0.4 is 65.9 Å². The summed E-state index contributed by atoms with van der Waals surface area (Å²) in [5, 5.41) is 27.1. The SMILES string of the molecule is CC[C@H](C)[C@H](N)C(=O)NCC(=O)N1CCC[C@H]1C(=O)N[C@@H](CCCCN)C(=O)NCC(=O)N[C@@H](CCCN=C(N)N)C(=O)N[C@@H](CC(N)=O)C(=O)N[C@H](C(=O)N[C@@H](CC(C)C)C(=O)O)C(C)C. The summed E-state index contributed by atoms with van der Waals surface area (Å²) in [7, 11) is 0. The van der Waals surface area contributed by atoms with E-state index in [2.05, 4.69) is 42.2 Å². The predicted octanol–water partition coefficient (Wildman–Crippen LogP) is -4.15. The number of carboxylic acid groups (broad SMARTS) is 1. The highest BCUT2D eigenvalue weighted by Gasteiger charge is 2.37. The number of carbonyl (C=O) groups excluding carboxylic acids is 9. The number of primary amides is 1. The molecule has 8 atom stereocenters. The van der Waals surface area contributed by atoms with E-state index >= 15 is 0 Å². The van der Waals surface area contributed by atoms with Crippen LogP contribution in [-0.2, 0) is 47.9 Å². The third-order valence-corrected chi connectivity index (χ3v) is 11.1. The van der Waals surface area contributed by atoms with Crippen LogP contribution >= 0.6 is 0 Å². The highest BCUT2D eigenvalue weighted by atomic mass is 16.4. The van der Waals surface area contributed by atoms with Crippen molar-refractivity contribution in [3.8, 4) is 0 Å². The van der Waals surface area contributed by atoms with Crippen LogP contribution in [0.3, 0.4) is 0 Å². The monoisotopic (exact) mass is 953 g/mol. The van der Waals surface area contributed by atoms with Gasteiger partial charge in [0.25, 0.3) is 0 Å². The molecule has 18 N–H and O–H groups in total. The lowest BCUT2D eigenvalue weighted by atomic mass is 9.99. The van der Waals surface area contributed by atoms with Gasteiger partial charge in [-0.05, 0) is 75.7 Å². The highest BCUT2D eigenvalue weighted by molar-refractivity contribution is 5.98. The molecule has 0 saturated carbocycles. The molecule has 1 heterocycles. The Bertz CT molecular complexity index is 1740. The van der Waals surface area contributed by atoms with Gasteiger partial charge in [0.2, 0.25) is 53.2 Å². The topological polar surface area (TPSA) is 421 Å². The van der Waals surface area contributed by atoms with Gasteiger partial charge in [-0.3, -0.25) is 48.1 Å². The number of amides is 9. The van der Waals surface area contributed by atoms with Crippen molar-refractivity contribution in [2.45, 2.75) is 148 Å². The smallest absolute Gasteiger partial charge is 0.326 e. The standard InChI is InChI=1S/C42H76N14O11/c1-7-24(6)33(45)39(64)50-21-32(59)56-17-11-14-29(56)38(63)52-25(12-8-9-15-43)35(60)49-20-31(58)51-26(13-10-16-48-42(46)47)36(61)53-27(19-30(44)57)37(62)55-34(23(4)5)40(65)54-28(41(66)67)18-22(2)3/h22-29,33-34H,7-21,43,45H2,1-6H3,(H2,44,57)(H,49,60)(H,50,64)(H,51,58)(H,52,63)(H,53,61)(H,54,65)(H,55,62)(H,66,67)(H4,46,47,48)/t24-,25-,26-,27-,28-,29-,33-,34-/m0/s1. The summed E-state index contributed by atoms with van der Waals surface area (Å²) in [5.74, 6) is -9.32. The average Bonchev–Trinajstić information content (AvgIpc) is 3.76. The molecule has 0 aromatic carbocycles. The van der Waals surface area contributed by atoms with Crippen LogP contribution in [0.15, 0.2) is 4.99 Å². The Labute approximate surface area is 391 Å². The normalized spacial score (nSPS) is 16.5. The van der Waals surface area contributed by atoms with Gasteiger partial charge in [-0.25, -0.2) is 4.79 Å². The molecule has 0 spiro atoms. The lowest BCUT2D eigenvalue weighted by Crippen LogP contribution is -2.59. The van der Waals surface area contributed by atoms with Crippen molar-refractivity contribution in [2.75, 3.05) is 32.7 Å². The van der Waals surface area contributed by atoms with Crippen molar-refractivity contribution in [2.24, 2.45) is 51.4 Å². The number of hydrogen-bond donors (Lipinski definition) is 13. The Morgan fingerprint density at radius 3 is 1.88 bits per heavy atom. The summed E-state index contributed by atoms with van der Waals surface area (Å²) in [4.78, 5) is 136. The van der Waals surface area contributed by atoms with Crippen LogP contribution in [0.1, 0.15) is 106 Å². The van der Waals surface area contributed by atoms with Crippen molar-refractivity contribution < 1.29 is 53.1 Å². The second-order valence-electron chi connectivity index (χ2n) is 17.5. The molecule has 25 nitrogen and oxygen atoms in total. The zero-order valence-corrected chi connectivity index (χ0v) is 39.7. The molecular formula is C42H76N14O11. The molecule has 9 amide bonds. The van der Waals surface area contributed by atoms with Gasteiger partial charge >= 0.3 is 5.97 Å². The maximum Gasteiger partial charge on any atom is 0.326 e. The van der Waals surface area contributed by atoms with Crippen molar-refractivity contribution >= 4 is 65.1 Å². The third-order valence-electron chi connectivity index (χ3n) is 11.1. The maximum absolute atomic E-state index is 13.8. The Morgan fingerprint density at radius 1 is 0.716 bits per heavy atom. The largest absolute Gasteiger partial charge is 0.480 e. The minimum atomic E-state index is -1.66. The van der Waals surface area contributed by atoms with Crippen LogP contribution in [0, 0.1) is 17.8 Å². The van der Waals surface area contributed by atoms with E-state index in [1.165, 1.54) is 4.90 Å². The highest BCUT2D eigenvalue weighted by Crippen LogP contribution is 2.18. The third kappa shape index (κ3) is 21.8. The van der Waals surface area contributed by atoms with E-state index < -0.39 is 120 Å². The summed E-state index contributed by atoms with van der Waals surface area (Å²) in [6.07, 6.45) is 1.88. The van der Waals surface area contributed by atoms with E-state index in [-0.39, 0.29) is 63.1 Å². The fourth-order valence-corrected chi connectivity index (χ4v) is 7.00. The first kappa shape index (κ1) is 58.9. The van der Waals surface area contributed by atoms with E-state index in [4.69, 9.17) is 28.7 Å². The number of carboxylic acids is 1. The number of nitrogens with one attached hydrogen (secondary N) is 7. The molecule has 1 aliphatic heterocycles. The van der Waals surface area contributed by atoms with E-state index in [9.17, 15) is 53.1 Å². The zero-order valence-electron chi connectivity index (χ0n) is 39.7. The first-order chi connectivity index (χ1) is 31.4. The first-order valence-electron chi connectivity index (χ1n) is 22.8. The first-order valence-corrected chi connectivity index (χ1v) is 22.8. The Kier molecular flexibility index (Phi) is 26.6. The second kappa shape index (κ2) is 30.2. The van der Waals surface area contributed by atoms with Crippen LogP contribution in [0.25, 0.3) is 0 Å². The number of likely N-dealkylation sites (tertiary alicyclic amines) is 1. The number of nitrogens with zero attached hydrogens (tertiary/aromatic N) is 2. The summed E-state index contributed by atoms with van der Waals surface area (Å²) in [5.41, 5.74) is 27.9. The van der Waals surface area contributed by atoms with Gasteiger partial charge in [-0.1, -0.05) is 48.0 Å². The average molecular weight is 953 g/mol. The minimum absolute atomic E-state index is 0.0263. The van der Waals surface area contributed by atoms with Gasteiger partial charge in [0.05, 0.1) is 25.6 Å². The molecule has 0 radical (unpaired) electrons. The number of rotatable bonds is 31. The van der Waals surface area contributed by atoms with Crippen LogP contribution in [0.2, 0.25) is 0 Å². The van der Waals surface area contributed by atoms with E-state index in [1.54, 1.807) is 27.7 Å². The van der Waals surface area contributed by atoms with E-state index in [0.29, 0.717) is 38.6 Å². The maximum atomic E-state index is 13.8. The number of aliphatic carboxylic acids is 1. The van der Waals surface area contributed by atoms with Gasteiger partial charge < -0.3 is 75.9 Å². The molecule has 0 aliphatic carbocycles. The molecule has 25 heteroatoms. The minimum Gasteiger partial charge on any atom is -0.480 e. The van der Waals surface area contributed by atoms with Crippen LogP contribution in [0.5, 0.6) is 0 Å². The fourth-order valence-electron chi connectivity index (χ4n) is 7.00. The molecular weight excluding hydrogens is 877 g/mol. The number of unbranched alkanes of at least 4 members (excludes halogenated alkanes) is 1. The van der Waals surface area contributed by atoms with E-state index in [1.807, 2.05) is 13.8 Å². The van der Waals surface area contributed by atoms with Gasteiger partial charge in [0, 0.05) is 13.1 Å². The number of guanidine groups is 1. The Balaban J connectivity index is 3.18. The molecule has 67 heavy (non-hydrogen) atoms. The molecule has 1 aliphatic rings. The fraction of sp³-hybridized carbons (Fsp3) is 0.738. The molecule has 0 unspecified atom stereocenters. The van der Waals surface area contributed by atoms with Crippen molar-refractivity contribution in [3.63, 3.8) is 0 Å². The number of nitrogens with two attached hydrogens (primary N) is 5. The Hall–Kier alpha value is -6.11. The quantitative estimate of drug-likeness (QED) is 0.0178. The van der Waals surface area contributed by atoms with Gasteiger partial charge in [0.1, 0.15) is 36.3 Å². The molecule has 1 fully saturated rings. The van der Waals surface area contributed by atoms with Gasteiger partial charge in [0.15, 0.2) is 5.96 Å². The number of aliphatic imine (C=N–C) groups is 1. The molecule has 1 saturated heterocycles. The molecule has 380 valence electrons. The summed E-state index contributed by atoms with van der Waals surface area (Å²) in [6.45, 7) is 9.93. The zero-order chi connectivity index (χ0) is 51.0. The second-order valence-corrected chi connectivity index (χ2v) is 17.5. The molecule has 0 aromatic rings. The lowest BCUT2D eigenvalue weighted by molar-refractivity contribution is -0.143. The molecule has 1 rings (SSSR count). The summed E-state index contributed by atoms with van der Waals surface area (Å²) in [6, 6.07) is -8.52. The summed E-state index contributed by atoms with van der Waals surface area (Å²) >= 11 is 0. The number of carbonyl (C=O) groups is 10. The lowest BCUT2D eigenvalue weighted by Gasteiger charge is -2.27. The van der Waals surface area contributed by atoms with Crippen LogP contribution in [-0.4, -0.2) is 150 Å². The van der Waals surface area contributed by atoms with Crippen molar-refractivity contribution in [1.82, 2.24) is 42.1 Å². The Morgan fingerprint density at radius 2 is 1.31 bits per heavy atom. The van der Waals surface area contributed by atoms with Crippen molar-refractivity contribution in [3.05, 3.63) is 0 Å². The van der Waals surface area contributed by atoms with E-state index in [0.717, 1.165) is 0 Å². The van der Waals surface area contributed by atoms with Gasteiger partial charge in [-0.15, -0.1) is 0 Å². The number of hydrogen-bond acceptors (Lipinski definition) is 13. The molecule has 0 bridgehead atoms. The van der Waals surface area contributed by atoms with Gasteiger partial charge in [-0.2, -0.15) is 0 Å².